The van der Waals surface area contributed by atoms with Crippen molar-refractivity contribution >= 4 is 58.0 Å². The van der Waals surface area contributed by atoms with Gasteiger partial charge in [-0.15, -0.1) is 0 Å². The zero-order valence-corrected chi connectivity index (χ0v) is 12.4. The van der Waals surface area contributed by atoms with Crippen LogP contribution in [0.5, 0.6) is 0 Å². The quantitative estimate of drug-likeness (QED) is 0.716. The van der Waals surface area contributed by atoms with Gasteiger partial charge in [-0.1, -0.05) is 52.5 Å². The lowest BCUT2D eigenvalue weighted by molar-refractivity contribution is 0.102. The molecule has 0 unspecified atom stereocenters. The second kappa shape index (κ2) is 6.02. The molecule has 2 nitrogen and oxygen atoms in total. The van der Waals surface area contributed by atoms with Crippen LogP contribution in [0.4, 0.5) is 5.69 Å². The van der Waals surface area contributed by atoms with Gasteiger partial charge in [-0.25, -0.2) is 0 Å². The summed E-state index contributed by atoms with van der Waals surface area (Å²) in [5.74, 6) is -0.331. The number of carbonyl (C=O) groups is 1. The van der Waals surface area contributed by atoms with Crippen LogP contribution in [0.25, 0.3) is 0 Å². The number of amides is 1. The largest absolute Gasteiger partial charge is 0.321 e. The van der Waals surface area contributed by atoms with Crippen LogP contribution in [0.1, 0.15) is 10.4 Å². The van der Waals surface area contributed by atoms with E-state index in [2.05, 4.69) is 5.32 Å². The van der Waals surface area contributed by atoms with Crippen molar-refractivity contribution in [1.29, 1.82) is 0 Å². The Morgan fingerprint density at radius 1 is 0.895 bits per heavy atom. The van der Waals surface area contributed by atoms with Crippen LogP contribution < -0.4 is 5.32 Å². The summed E-state index contributed by atoms with van der Waals surface area (Å²) < 4.78 is 0. The van der Waals surface area contributed by atoms with E-state index in [4.69, 9.17) is 46.4 Å². The average molecular weight is 335 g/mol. The van der Waals surface area contributed by atoms with E-state index < -0.39 is 0 Å². The van der Waals surface area contributed by atoms with Crippen molar-refractivity contribution in [2.24, 2.45) is 0 Å². The molecule has 0 radical (unpaired) electrons. The number of hydrogen-bond donors (Lipinski definition) is 1. The standard InChI is InChI=1S/C13H7Cl4NO/c14-8-3-1-2-7(4-8)13(19)18-12-6-10(16)9(15)5-11(12)17/h1-6H,(H,18,19). The Hall–Kier alpha value is -0.930. The molecule has 98 valence electrons. The van der Waals surface area contributed by atoms with Gasteiger partial charge in [-0.05, 0) is 30.3 Å². The molecular weight excluding hydrogens is 328 g/mol. The van der Waals surface area contributed by atoms with Gasteiger partial charge in [0.25, 0.3) is 5.91 Å². The van der Waals surface area contributed by atoms with Crippen molar-refractivity contribution in [3.05, 3.63) is 62.1 Å². The molecule has 1 amide bonds. The van der Waals surface area contributed by atoms with Crippen LogP contribution >= 0.6 is 46.4 Å². The maximum atomic E-state index is 12.0. The lowest BCUT2D eigenvalue weighted by atomic mass is 10.2. The summed E-state index contributed by atoms with van der Waals surface area (Å²) in [6, 6.07) is 9.54. The van der Waals surface area contributed by atoms with Gasteiger partial charge in [-0.3, -0.25) is 4.79 Å². The monoisotopic (exact) mass is 333 g/mol. The summed E-state index contributed by atoms with van der Waals surface area (Å²) in [4.78, 5) is 12.0. The van der Waals surface area contributed by atoms with Crippen LogP contribution in [-0.4, -0.2) is 5.91 Å². The Balaban J connectivity index is 2.27. The number of rotatable bonds is 2. The molecule has 0 bridgehead atoms. The highest BCUT2D eigenvalue weighted by Crippen LogP contribution is 2.32. The topological polar surface area (TPSA) is 29.1 Å². The van der Waals surface area contributed by atoms with Gasteiger partial charge in [0.05, 0.1) is 20.8 Å². The van der Waals surface area contributed by atoms with E-state index in [9.17, 15) is 4.79 Å². The first kappa shape index (κ1) is 14.5. The second-order valence-electron chi connectivity index (χ2n) is 3.71. The lowest BCUT2D eigenvalue weighted by Gasteiger charge is -2.09. The summed E-state index contributed by atoms with van der Waals surface area (Å²) >= 11 is 23.5. The Kier molecular flexibility index (Phi) is 4.58. The SMILES string of the molecule is O=C(Nc1cc(Cl)c(Cl)cc1Cl)c1cccc(Cl)c1. The highest BCUT2D eigenvalue weighted by Gasteiger charge is 2.11. The van der Waals surface area contributed by atoms with E-state index in [1.54, 1.807) is 24.3 Å². The van der Waals surface area contributed by atoms with Gasteiger partial charge < -0.3 is 5.32 Å². The van der Waals surface area contributed by atoms with Gasteiger partial charge in [0, 0.05) is 10.6 Å². The first-order valence-corrected chi connectivity index (χ1v) is 6.70. The molecule has 1 N–H and O–H groups in total. The maximum Gasteiger partial charge on any atom is 0.255 e. The van der Waals surface area contributed by atoms with Crippen LogP contribution in [0, 0.1) is 0 Å². The number of nitrogens with one attached hydrogen (secondary N) is 1. The number of anilines is 1. The van der Waals surface area contributed by atoms with Crippen LogP contribution in [0.2, 0.25) is 20.1 Å². The predicted octanol–water partition coefficient (Wildman–Crippen LogP) is 5.55. The Labute approximate surface area is 130 Å². The van der Waals surface area contributed by atoms with Crippen molar-refractivity contribution in [1.82, 2.24) is 0 Å². The molecule has 0 aliphatic carbocycles. The molecule has 0 aliphatic heterocycles. The van der Waals surface area contributed by atoms with E-state index in [0.29, 0.717) is 31.3 Å². The second-order valence-corrected chi connectivity index (χ2v) is 5.37. The molecule has 2 aromatic rings. The summed E-state index contributed by atoms with van der Waals surface area (Å²) in [5, 5.41) is 4.08. The van der Waals surface area contributed by atoms with Gasteiger partial charge in [0.2, 0.25) is 0 Å². The first-order chi connectivity index (χ1) is 8.97. The summed E-state index contributed by atoms with van der Waals surface area (Å²) in [6.45, 7) is 0. The fourth-order valence-electron chi connectivity index (χ4n) is 1.44. The van der Waals surface area contributed by atoms with Crippen LogP contribution in [0.15, 0.2) is 36.4 Å². The summed E-state index contributed by atoms with van der Waals surface area (Å²) in [5.41, 5.74) is 0.815. The fourth-order valence-corrected chi connectivity index (χ4v) is 2.23. The van der Waals surface area contributed by atoms with Crippen molar-refractivity contribution < 1.29 is 4.79 Å². The number of benzene rings is 2. The molecule has 2 rings (SSSR count). The third-order valence-corrected chi connectivity index (χ3v) is 3.61. The van der Waals surface area contributed by atoms with Crippen molar-refractivity contribution in [2.45, 2.75) is 0 Å². The predicted molar refractivity (Wildman–Crippen MR) is 80.9 cm³/mol. The molecule has 0 aromatic heterocycles. The third kappa shape index (κ3) is 3.54. The smallest absolute Gasteiger partial charge is 0.255 e. The molecule has 0 saturated carbocycles. The van der Waals surface area contributed by atoms with E-state index >= 15 is 0 Å². The molecule has 6 heteroatoms. The minimum atomic E-state index is -0.331. The summed E-state index contributed by atoms with van der Waals surface area (Å²) in [6.07, 6.45) is 0. The molecule has 19 heavy (non-hydrogen) atoms. The molecule has 0 fully saturated rings. The van der Waals surface area contributed by atoms with E-state index in [1.165, 1.54) is 12.1 Å². The number of carbonyl (C=O) groups excluding carboxylic acids is 1. The molecule has 0 heterocycles. The normalized spacial score (nSPS) is 10.3. The molecule has 0 saturated heterocycles. The number of halogens is 4. The van der Waals surface area contributed by atoms with Crippen molar-refractivity contribution in [2.75, 3.05) is 5.32 Å². The minimum Gasteiger partial charge on any atom is -0.321 e. The van der Waals surface area contributed by atoms with E-state index in [1.807, 2.05) is 0 Å². The average Bonchev–Trinajstić information content (AvgIpc) is 2.36. The van der Waals surface area contributed by atoms with Gasteiger partial charge in [-0.2, -0.15) is 0 Å². The Morgan fingerprint density at radius 3 is 2.26 bits per heavy atom. The van der Waals surface area contributed by atoms with E-state index in [0.717, 1.165) is 0 Å². The van der Waals surface area contributed by atoms with Gasteiger partial charge >= 0.3 is 0 Å². The number of hydrogen-bond acceptors (Lipinski definition) is 1. The van der Waals surface area contributed by atoms with E-state index in [-0.39, 0.29) is 5.91 Å². The van der Waals surface area contributed by atoms with Gasteiger partial charge in [0.15, 0.2) is 0 Å². The fraction of sp³-hybridized carbons (Fsp3) is 0. The van der Waals surface area contributed by atoms with Crippen LogP contribution in [-0.2, 0) is 0 Å². The van der Waals surface area contributed by atoms with Crippen molar-refractivity contribution in [3.63, 3.8) is 0 Å². The van der Waals surface area contributed by atoms with Gasteiger partial charge in [0.1, 0.15) is 0 Å². The zero-order valence-electron chi connectivity index (χ0n) is 9.38. The molecule has 2 aromatic carbocycles. The summed E-state index contributed by atoms with van der Waals surface area (Å²) in [7, 11) is 0. The Bertz CT molecular complexity index is 643. The molecule has 0 spiro atoms. The highest BCUT2D eigenvalue weighted by atomic mass is 35.5. The highest BCUT2D eigenvalue weighted by molar-refractivity contribution is 6.44. The Morgan fingerprint density at radius 2 is 1.58 bits per heavy atom. The van der Waals surface area contributed by atoms with Crippen molar-refractivity contribution in [3.8, 4) is 0 Å². The minimum absolute atomic E-state index is 0.310. The molecule has 0 aliphatic rings. The zero-order chi connectivity index (χ0) is 14.0. The lowest BCUT2D eigenvalue weighted by Crippen LogP contribution is -2.12. The van der Waals surface area contributed by atoms with Crippen LogP contribution in [0.3, 0.4) is 0 Å². The molecular formula is C13H7Cl4NO. The first-order valence-electron chi connectivity index (χ1n) is 5.19. The molecule has 0 atom stereocenters. The third-order valence-electron chi connectivity index (χ3n) is 2.34. The maximum absolute atomic E-state index is 12.0.